The lowest BCUT2D eigenvalue weighted by molar-refractivity contribution is -0.105. The van der Waals surface area contributed by atoms with Crippen molar-refractivity contribution in [2.45, 2.75) is 6.61 Å². The molecule has 0 saturated heterocycles. The zero-order valence-electron chi connectivity index (χ0n) is 7.21. The van der Waals surface area contributed by atoms with Crippen molar-refractivity contribution >= 4 is 28.0 Å². The first kappa shape index (κ1) is 10.2. The first-order valence-corrected chi connectivity index (χ1v) is 4.54. The predicted molar refractivity (Wildman–Crippen MR) is 54.5 cm³/mol. The minimum absolute atomic E-state index is 0.490. The number of carbonyl (C=O) groups excluding carboxylic acids is 1. The van der Waals surface area contributed by atoms with E-state index in [2.05, 4.69) is 21.2 Å². The van der Waals surface area contributed by atoms with Crippen LogP contribution in [0.4, 0.5) is 5.69 Å². The standard InChI is InChI=1S/C9H10BrNO2/c1-13-5-7-2-3-8(10)4-9(7)11-6-12/h2-4,6H,5H2,1H3,(H,11,12). The van der Waals surface area contributed by atoms with Crippen LogP contribution in [0.1, 0.15) is 5.56 Å². The zero-order chi connectivity index (χ0) is 9.68. The van der Waals surface area contributed by atoms with Gasteiger partial charge in [0.05, 0.1) is 6.61 Å². The largest absolute Gasteiger partial charge is 0.380 e. The van der Waals surface area contributed by atoms with Gasteiger partial charge in [0.1, 0.15) is 0 Å². The minimum Gasteiger partial charge on any atom is -0.380 e. The van der Waals surface area contributed by atoms with Crippen LogP contribution in [0, 0.1) is 0 Å². The van der Waals surface area contributed by atoms with Crippen LogP contribution in [0.3, 0.4) is 0 Å². The summed E-state index contributed by atoms with van der Waals surface area (Å²) in [5.41, 5.74) is 1.73. The fraction of sp³-hybridized carbons (Fsp3) is 0.222. The summed E-state index contributed by atoms with van der Waals surface area (Å²) in [6, 6.07) is 5.65. The van der Waals surface area contributed by atoms with Gasteiger partial charge in [-0.05, 0) is 12.1 Å². The van der Waals surface area contributed by atoms with Gasteiger partial charge in [-0.2, -0.15) is 0 Å². The van der Waals surface area contributed by atoms with E-state index in [0.29, 0.717) is 13.0 Å². The summed E-state index contributed by atoms with van der Waals surface area (Å²) in [6.07, 6.45) is 0.654. The van der Waals surface area contributed by atoms with Crippen molar-refractivity contribution < 1.29 is 9.53 Å². The van der Waals surface area contributed by atoms with Gasteiger partial charge < -0.3 is 10.1 Å². The van der Waals surface area contributed by atoms with Crippen molar-refractivity contribution in [2.24, 2.45) is 0 Å². The molecule has 4 heteroatoms. The molecule has 0 radical (unpaired) electrons. The molecule has 1 aromatic rings. The average molecular weight is 244 g/mol. The summed E-state index contributed by atoms with van der Waals surface area (Å²) in [6.45, 7) is 0.490. The third-order valence-corrected chi connectivity index (χ3v) is 2.08. The molecule has 3 nitrogen and oxygen atoms in total. The van der Waals surface area contributed by atoms with Crippen LogP contribution in [0.15, 0.2) is 22.7 Å². The van der Waals surface area contributed by atoms with Gasteiger partial charge in [-0.15, -0.1) is 0 Å². The van der Waals surface area contributed by atoms with E-state index in [1.54, 1.807) is 7.11 Å². The van der Waals surface area contributed by atoms with Gasteiger partial charge in [0.2, 0.25) is 6.41 Å². The van der Waals surface area contributed by atoms with Gasteiger partial charge in [-0.1, -0.05) is 22.0 Å². The number of benzene rings is 1. The predicted octanol–water partition coefficient (Wildman–Crippen LogP) is 2.16. The van der Waals surface area contributed by atoms with Crippen LogP contribution < -0.4 is 5.32 Å². The van der Waals surface area contributed by atoms with Crippen LogP contribution in [-0.2, 0) is 16.1 Å². The normalized spacial score (nSPS) is 9.69. The van der Waals surface area contributed by atoms with E-state index in [0.717, 1.165) is 15.7 Å². The Kier molecular flexibility index (Phi) is 3.92. The Bertz CT molecular complexity index is 302. The van der Waals surface area contributed by atoms with Crippen LogP contribution in [-0.4, -0.2) is 13.5 Å². The molecule has 0 fully saturated rings. The van der Waals surface area contributed by atoms with E-state index >= 15 is 0 Å². The molecule has 0 bridgehead atoms. The first-order valence-electron chi connectivity index (χ1n) is 3.75. The number of methoxy groups -OCH3 is 1. The highest BCUT2D eigenvalue weighted by Gasteiger charge is 2.01. The summed E-state index contributed by atoms with van der Waals surface area (Å²) in [7, 11) is 1.62. The topological polar surface area (TPSA) is 38.3 Å². The van der Waals surface area contributed by atoms with Crippen molar-refractivity contribution in [3.05, 3.63) is 28.2 Å². The van der Waals surface area contributed by atoms with Crippen LogP contribution >= 0.6 is 15.9 Å². The summed E-state index contributed by atoms with van der Waals surface area (Å²) in [5.74, 6) is 0. The highest BCUT2D eigenvalue weighted by Crippen LogP contribution is 2.21. The molecule has 0 aliphatic heterocycles. The number of ether oxygens (including phenoxy) is 1. The number of amides is 1. The Morgan fingerprint density at radius 1 is 1.62 bits per heavy atom. The number of anilines is 1. The van der Waals surface area contributed by atoms with Gasteiger partial charge in [-0.3, -0.25) is 4.79 Å². The van der Waals surface area contributed by atoms with Crippen molar-refractivity contribution in [3.63, 3.8) is 0 Å². The molecule has 0 aromatic heterocycles. The molecular formula is C9H10BrNO2. The van der Waals surface area contributed by atoms with Crippen LogP contribution in [0.5, 0.6) is 0 Å². The number of carbonyl (C=O) groups is 1. The number of hydrogen-bond acceptors (Lipinski definition) is 2. The molecule has 1 aromatic carbocycles. The Labute approximate surface area is 85.2 Å². The van der Waals surface area contributed by atoms with Crippen LogP contribution in [0.2, 0.25) is 0 Å². The highest BCUT2D eigenvalue weighted by atomic mass is 79.9. The fourth-order valence-electron chi connectivity index (χ4n) is 1.03. The van der Waals surface area contributed by atoms with E-state index in [-0.39, 0.29) is 0 Å². The monoisotopic (exact) mass is 243 g/mol. The number of halogens is 1. The number of nitrogens with one attached hydrogen (secondary N) is 1. The maximum atomic E-state index is 10.3. The molecule has 1 rings (SSSR count). The summed E-state index contributed by atoms with van der Waals surface area (Å²) >= 11 is 3.32. The lowest BCUT2D eigenvalue weighted by atomic mass is 10.2. The maximum Gasteiger partial charge on any atom is 0.211 e. The zero-order valence-corrected chi connectivity index (χ0v) is 8.80. The van der Waals surface area contributed by atoms with E-state index in [4.69, 9.17) is 4.74 Å². The Balaban J connectivity index is 2.95. The number of hydrogen-bond donors (Lipinski definition) is 1. The van der Waals surface area contributed by atoms with E-state index in [9.17, 15) is 4.79 Å². The highest BCUT2D eigenvalue weighted by molar-refractivity contribution is 9.10. The van der Waals surface area contributed by atoms with E-state index in [1.807, 2.05) is 18.2 Å². The molecule has 0 unspecified atom stereocenters. The van der Waals surface area contributed by atoms with Gasteiger partial charge in [-0.25, -0.2) is 0 Å². The first-order chi connectivity index (χ1) is 6.27. The van der Waals surface area contributed by atoms with E-state index < -0.39 is 0 Å². The van der Waals surface area contributed by atoms with Gasteiger partial charge in [0.15, 0.2) is 0 Å². The third-order valence-electron chi connectivity index (χ3n) is 1.59. The quantitative estimate of drug-likeness (QED) is 0.824. The Morgan fingerprint density at radius 2 is 2.38 bits per heavy atom. The maximum absolute atomic E-state index is 10.3. The second-order valence-electron chi connectivity index (χ2n) is 2.50. The second kappa shape index (κ2) is 4.99. The van der Waals surface area contributed by atoms with E-state index in [1.165, 1.54) is 0 Å². The van der Waals surface area contributed by atoms with Crippen LogP contribution in [0.25, 0.3) is 0 Å². The van der Waals surface area contributed by atoms with Crippen molar-refractivity contribution in [1.29, 1.82) is 0 Å². The third kappa shape index (κ3) is 2.82. The molecule has 0 heterocycles. The summed E-state index contributed by atoms with van der Waals surface area (Å²) in [5, 5.41) is 2.61. The molecule has 1 N–H and O–H groups in total. The molecule has 0 saturated carbocycles. The summed E-state index contributed by atoms with van der Waals surface area (Å²) in [4.78, 5) is 10.3. The lowest BCUT2D eigenvalue weighted by Gasteiger charge is -2.07. The van der Waals surface area contributed by atoms with Gasteiger partial charge in [0, 0.05) is 22.8 Å². The SMILES string of the molecule is COCc1ccc(Br)cc1NC=O. The molecule has 1 amide bonds. The molecule has 13 heavy (non-hydrogen) atoms. The summed E-state index contributed by atoms with van der Waals surface area (Å²) < 4.78 is 5.91. The average Bonchev–Trinajstić information content (AvgIpc) is 2.10. The molecule has 0 aliphatic carbocycles. The van der Waals surface area contributed by atoms with Crippen molar-refractivity contribution in [1.82, 2.24) is 0 Å². The van der Waals surface area contributed by atoms with Gasteiger partial charge >= 0.3 is 0 Å². The second-order valence-corrected chi connectivity index (χ2v) is 3.41. The smallest absolute Gasteiger partial charge is 0.211 e. The molecule has 0 atom stereocenters. The van der Waals surface area contributed by atoms with Crippen molar-refractivity contribution in [2.75, 3.05) is 12.4 Å². The molecule has 70 valence electrons. The fourth-order valence-corrected chi connectivity index (χ4v) is 1.39. The number of rotatable bonds is 4. The molecule has 0 aliphatic rings. The minimum atomic E-state index is 0.490. The van der Waals surface area contributed by atoms with Crippen molar-refractivity contribution in [3.8, 4) is 0 Å². The lowest BCUT2D eigenvalue weighted by Crippen LogP contribution is -1.99. The van der Waals surface area contributed by atoms with Gasteiger partial charge in [0.25, 0.3) is 0 Å². The molecule has 0 spiro atoms. The Hall–Kier alpha value is -0.870. The molecular weight excluding hydrogens is 234 g/mol. The Morgan fingerprint density at radius 3 is 3.00 bits per heavy atom.